The second-order valence-electron chi connectivity index (χ2n) is 7.01. The molecule has 3 heterocycles. The Kier molecular flexibility index (Phi) is 4.38. The molecule has 2 aromatic rings. The van der Waals surface area contributed by atoms with Crippen LogP contribution in [0.4, 0.5) is 0 Å². The van der Waals surface area contributed by atoms with E-state index in [1.807, 2.05) is 23.1 Å². The number of likely N-dealkylation sites (tertiary alicyclic amines) is 1. The molecule has 25 heavy (non-hydrogen) atoms. The van der Waals surface area contributed by atoms with E-state index in [1.165, 1.54) is 0 Å². The summed E-state index contributed by atoms with van der Waals surface area (Å²) in [7, 11) is 0. The van der Waals surface area contributed by atoms with Gasteiger partial charge < -0.3 is 9.88 Å². The highest BCUT2D eigenvalue weighted by atomic mass is 16.2. The number of pyridine rings is 2. The molecule has 5 nitrogen and oxygen atoms in total. The van der Waals surface area contributed by atoms with Gasteiger partial charge in [0.05, 0.1) is 6.04 Å². The molecular formula is C20H23N3O2. The third-order valence-corrected chi connectivity index (χ3v) is 5.42. The number of hydrogen-bond donors (Lipinski definition) is 1. The molecule has 4 rings (SSSR count). The molecule has 1 aliphatic carbocycles. The van der Waals surface area contributed by atoms with Gasteiger partial charge in [-0.3, -0.25) is 14.6 Å². The van der Waals surface area contributed by atoms with Crippen LogP contribution in [0.2, 0.25) is 0 Å². The molecule has 1 amide bonds. The second-order valence-corrected chi connectivity index (χ2v) is 7.01. The van der Waals surface area contributed by atoms with Gasteiger partial charge in [0.2, 0.25) is 0 Å². The highest BCUT2D eigenvalue weighted by Crippen LogP contribution is 2.31. The quantitative estimate of drug-likeness (QED) is 0.916. The van der Waals surface area contributed by atoms with Crippen molar-refractivity contribution in [3.8, 4) is 0 Å². The van der Waals surface area contributed by atoms with Gasteiger partial charge in [-0.25, -0.2) is 0 Å². The van der Waals surface area contributed by atoms with E-state index >= 15 is 0 Å². The molecule has 5 heteroatoms. The van der Waals surface area contributed by atoms with E-state index in [2.05, 4.69) is 9.97 Å². The number of nitrogens with zero attached hydrogens (tertiary/aromatic N) is 2. The first-order valence-electron chi connectivity index (χ1n) is 9.20. The monoisotopic (exact) mass is 337 g/mol. The number of carbonyl (C=O) groups is 1. The van der Waals surface area contributed by atoms with Crippen LogP contribution in [0.15, 0.2) is 35.4 Å². The Morgan fingerprint density at radius 3 is 2.80 bits per heavy atom. The lowest BCUT2D eigenvalue weighted by atomic mass is 10.0. The molecule has 1 fully saturated rings. The summed E-state index contributed by atoms with van der Waals surface area (Å²) in [6.45, 7) is 0.697. The molecule has 1 atom stereocenters. The summed E-state index contributed by atoms with van der Waals surface area (Å²) in [5, 5.41) is 0. The minimum absolute atomic E-state index is 0.0191. The number of aromatic amines is 1. The first kappa shape index (κ1) is 16.1. The Morgan fingerprint density at radius 2 is 1.96 bits per heavy atom. The minimum atomic E-state index is -0.247. The summed E-state index contributed by atoms with van der Waals surface area (Å²) in [5.41, 5.74) is 3.27. The van der Waals surface area contributed by atoms with E-state index in [0.29, 0.717) is 12.1 Å². The predicted molar refractivity (Wildman–Crippen MR) is 95.6 cm³/mol. The number of aromatic nitrogens is 2. The molecule has 0 bridgehead atoms. The van der Waals surface area contributed by atoms with Crippen LogP contribution in [0.3, 0.4) is 0 Å². The molecule has 130 valence electrons. The fourth-order valence-electron chi connectivity index (χ4n) is 4.11. The minimum Gasteiger partial charge on any atom is -0.331 e. The maximum absolute atomic E-state index is 13.2. The highest BCUT2D eigenvalue weighted by Gasteiger charge is 2.29. The number of H-pyrrole nitrogens is 1. The van der Waals surface area contributed by atoms with Gasteiger partial charge in [0.1, 0.15) is 5.56 Å². The average molecular weight is 337 g/mol. The predicted octanol–water partition coefficient (Wildman–Crippen LogP) is 3.02. The van der Waals surface area contributed by atoms with Crippen LogP contribution < -0.4 is 5.56 Å². The second kappa shape index (κ2) is 6.82. The van der Waals surface area contributed by atoms with Crippen LogP contribution in [0.25, 0.3) is 0 Å². The van der Waals surface area contributed by atoms with E-state index < -0.39 is 0 Å². The summed E-state index contributed by atoms with van der Waals surface area (Å²) < 4.78 is 0. The van der Waals surface area contributed by atoms with E-state index in [9.17, 15) is 9.59 Å². The zero-order chi connectivity index (χ0) is 17.2. The first-order valence-corrected chi connectivity index (χ1v) is 9.20. The molecule has 0 spiro atoms. The maximum atomic E-state index is 13.2. The number of aryl methyl sites for hydroxylation is 2. The lowest BCUT2D eigenvalue weighted by Crippen LogP contribution is -2.38. The van der Waals surface area contributed by atoms with Crippen LogP contribution >= 0.6 is 0 Å². The van der Waals surface area contributed by atoms with Crippen molar-refractivity contribution < 1.29 is 4.79 Å². The van der Waals surface area contributed by atoms with Crippen LogP contribution in [-0.4, -0.2) is 27.3 Å². The van der Waals surface area contributed by atoms with E-state index in [1.54, 1.807) is 12.4 Å². The van der Waals surface area contributed by atoms with Crippen molar-refractivity contribution in [1.82, 2.24) is 14.9 Å². The van der Waals surface area contributed by atoms with Crippen LogP contribution in [-0.2, 0) is 12.8 Å². The number of rotatable bonds is 2. The van der Waals surface area contributed by atoms with Gasteiger partial charge in [0, 0.05) is 24.6 Å². The Bertz CT molecular complexity index is 829. The van der Waals surface area contributed by atoms with Crippen molar-refractivity contribution >= 4 is 5.91 Å². The van der Waals surface area contributed by atoms with Gasteiger partial charge in [0.15, 0.2) is 0 Å². The summed E-state index contributed by atoms with van der Waals surface area (Å²) in [6, 6.07) is 5.80. The third kappa shape index (κ3) is 3.11. The van der Waals surface area contributed by atoms with Crippen molar-refractivity contribution in [3.05, 3.63) is 63.3 Å². The van der Waals surface area contributed by atoms with Gasteiger partial charge in [0.25, 0.3) is 11.5 Å². The molecule has 2 aliphatic rings. The smallest absolute Gasteiger partial charge is 0.261 e. The third-order valence-electron chi connectivity index (χ3n) is 5.42. The number of amides is 1. The molecular weight excluding hydrogens is 314 g/mol. The number of carbonyl (C=O) groups excluding carboxylic acids is 1. The summed E-state index contributed by atoms with van der Waals surface area (Å²) >= 11 is 0. The number of hydrogen-bond acceptors (Lipinski definition) is 3. The fourth-order valence-corrected chi connectivity index (χ4v) is 4.11. The van der Waals surface area contributed by atoms with Crippen molar-refractivity contribution in [2.24, 2.45) is 0 Å². The summed E-state index contributed by atoms with van der Waals surface area (Å²) in [5.74, 6) is -0.139. The Balaban J connectivity index is 1.70. The Labute approximate surface area is 147 Å². The van der Waals surface area contributed by atoms with Crippen LogP contribution in [0.1, 0.15) is 65.3 Å². The standard InChI is InChI=1S/C20H23N3O2/c24-19-16(13-15-5-4-6-17(15)22-19)20(25)23-12-3-1-2-7-18(23)14-8-10-21-11-9-14/h8-11,13,18H,1-7,12H2,(H,22,24)/t18-/m0/s1. The summed E-state index contributed by atoms with van der Waals surface area (Å²) in [6.07, 6.45) is 10.6. The van der Waals surface area contributed by atoms with Gasteiger partial charge >= 0.3 is 0 Å². The molecule has 0 unspecified atom stereocenters. The van der Waals surface area contributed by atoms with Crippen LogP contribution in [0.5, 0.6) is 0 Å². The van der Waals surface area contributed by atoms with E-state index in [4.69, 9.17) is 0 Å². The molecule has 0 aromatic carbocycles. The van der Waals surface area contributed by atoms with Crippen molar-refractivity contribution in [2.75, 3.05) is 6.54 Å². The molecule has 1 N–H and O–H groups in total. The fraction of sp³-hybridized carbons (Fsp3) is 0.450. The maximum Gasteiger partial charge on any atom is 0.261 e. The first-order chi connectivity index (χ1) is 12.2. The van der Waals surface area contributed by atoms with Gasteiger partial charge in [-0.05, 0) is 61.4 Å². The lowest BCUT2D eigenvalue weighted by Gasteiger charge is -2.30. The van der Waals surface area contributed by atoms with Gasteiger partial charge in [-0.15, -0.1) is 0 Å². The number of fused-ring (bicyclic) bond motifs is 1. The molecule has 2 aromatic heterocycles. The average Bonchev–Trinajstić information content (AvgIpc) is 2.94. The molecule has 1 saturated heterocycles. The molecule has 0 radical (unpaired) electrons. The summed E-state index contributed by atoms with van der Waals surface area (Å²) in [4.78, 5) is 34.6. The topological polar surface area (TPSA) is 66.1 Å². The van der Waals surface area contributed by atoms with Crippen molar-refractivity contribution in [1.29, 1.82) is 0 Å². The van der Waals surface area contributed by atoms with Crippen LogP contribution in [0, 0.1) is 0 Å². The number of nitrogens with one attached hydrogen (secondary N) is 1. The highest BCUT2D eigenvalue weighted by molar-refractivity contribution is 5.94. The lowest BCUT2D eigenvalue weighted by molar-refractivity contribution is 0.0679. The van der Waals surface area contributed by atoms with Gasteiger partial charge in [-0.1, -0.05) is 12.8 Å². The SMILES string of the molecule is O=C(c1cc2c([nH]c1=O)CCC2)N1CCCCC[C@H]1c1ccncc1. The van der Waals surface area contributed by atoms with Crippen molar-refractivity contribution in [3.63, 3.8) is 0 Å². The van der Waals surface area contributed by atoms with Crippen molar-refractivity contribution in [2.45, 2.75) is 51.0 Å². The zero-order valence-corrected chi connectivity index (χ0v) is 14.3. The normalized spacial score (nSPS) is 20.2. The largest absolute Gasteiger partial charge is 0.331 e. The van der Waals surface area contributed by atoms with Gasteiger partial charge in [-0.2, -0.15) is 0 Å². The van der Waals surface area contributed by atoms with E-state index in [-0.39, 0.29) is 17.5 Å². The Morgan fingerprint density at radius 1 is 1.12 bits per heavy atom. The zero-order valence-electron chi connectivity index (χ0n) is 14.3. The van der Waals surface area contributed by atoms with E-state index in [0.717, 1.165) is 61.8 Å². The Hall–Kier alpha value is -2.43. The molecule has 1 aliphatic heterocycles. The molecule has 0 saturated carbocycles.